The lowest BCUT2D eigenvalue weighted by Gasteiger charge is -2.38. The summed E-state index contributed by atoms with van der Waals surface area (Å²) in [5, 5.41) is 0. The molecule has 0 saturated carbocycles. The summed E-state index contributed by atoms with van der Waals surface area (Å²) >= 11 is 0. The molecule has 1 atom stereocenters. The number of benzene rings is 1. The van der Waals surface area contributed by atoms with E-state index in [1.807, 2.05) is 42.3 Å². The number of rotatable bonds is 1. The highest BCUT2D eigenvalue weighted by Crippen LogP contribution is 2.39. The maximum Gasteiger partial charge on any atom is 0.253 e. The van der Waals surface area contributed by atoms with Crippen LogP contribution >= 0.6 is 0 Å². The van der Waals surface area contributed by atoms with Gasteiger partial charge in [-0.1, -0.05) is 18.2 Å². The van der Waals surface area contributed by atoms with E-state index in [1.165, 1.54) is 0 Å². The summed E-state index contributed by atoms with van der Waals surface area (Å²) in [6.07, 6.45) is 2.70. The second kappa shape index (κ2) is 4.93. The Kier molecular flexibility index (Phi) is 3.24. The highest BCUT2D eigenvalue weighted by Gasteiger charge is 2.48. The van der Waals surface area contributed by atoms with Gasteiger partial charge in [-0.05, 0) is 31.4 Å². The highest BCUT2D eigenvalue weighted by molar-refractivity contribution is 5.95. The fourth-order valence-corrected chi connectivity index (χ4v) is 3.44. The summed E-state index contributed by atoms with van der Waals surface area (Å²) in [4.78, 5) is 28.6. The van der Waals surface area contributed by atoms with Crippen LogP contribution in [0.15, 0.2) is 30.3 Å². The van der Waals surface area contributed by atoms with Gasteiger partial charge in [0.05, 0.1) is 5.41 Å². The Labute approximate surface area is 119 Å². The molecule has 1 aromatic rings. The topological polar surface area (TPSA) is 40.6 Å². The van der Waals surface area contributed by atoms with Crippen LogP contribution in [-0.2, 0) is 4.79 Å². The molecule has 0 aliphatic carbocycles. The molecule has 0 aromatic heterocycles. The zero-order chi connectivity index (χ0) is 14.2. The van der Waals surface area contributed by atoms with Crippen LogP contribution in [0.25, 0.3) is 0 Å². The van der Waals surface area contributed by atoms with E-state index in [9.17, 15) is 9.59 Å². The van der Waals surface area contributed by atoms with Gasteiger partial charge in [0.1, 0.15) is 0 Å². The molecular formula is C16H20N2O2. The number of amides is 2. The van der Waals surface area contributed by atoms with Crippen molar-refractivity contribution in [3.8, 4) is 0 Å². The van der Waals surface area contributed by atoms with Crippen LogP contribution in [0.2, 0.25) is 0 Å². The van der Waals surface area contributed by atoms with Gasteiger partial charge in [-0.15, -0.1) is 0 Å². The van der Waals surface area contributed by atoms with Crippen LogP contribution < -0.4 is 0 Å². The van der Waals surface area contributed by atoms with Crippen molar-refractivity contribution in [1.29, 1.82) is 0 Å². The van der Waals surface area contributed by atoms with Crippen molar-refractivity contribution >= 4 is 11.8 Å². The number of likely N-dealkylation sites (tertiary alicyclic amines) is 2. The fraction of sp³-hybridized carbons (Fsp3) is 0.500. The number of carbonyl (C=O) groups is 2. The van der Waals surface area contributed by atoms with Crippen LogP contribution in [0.4, 0.5) is 0 Å². The van der Waals surface area contributed by atoms with Gasteiger partial charge in [-0.25, -0.2) is 0 Å². The minimum Gasteiger partial charge on any atom is -0.345 e. The predicted octanol–water partition coefficient (Wildman–Crippen LogP) is 1.77. The van der Waals surface area contributed by atoms with E-state index in [1.54, 1.807) is 4.90 Å². The maximum atomic E-state index is 12.5. The second-order valence-corrected chi connectivity index (χ2v) is 5.95. The van der Waals surface area contributed by atoms with Gasteiger partial charge in [0.2, 0.25) is 5.91 Å². The van der Waals surface area contributed by atoms with Crippen molar-refractivity contribution in [1.82, 2.24) is 9.80 Å². The predicted molar refractivity (Wildman–Crippen MR) is 76.3 cm³/mol. The third-order valence-corrected chi connectivity index (χ3v) is 4.61. The Hall–Kier alpha value is -1.84. The summed E-state index contributed by atoms with van der Waals surface area (Å²) in [5.41, 5.74) is 0.389. The van der Waals surface area contributed by atoms with E-state index in [0.29, 0.717) is 12.1 Å². The Morgan fingerprint density at radius 2 is 1.90 bits per heavy atom. The van der Waals surface area contributed by atoms with Crippen molar-refractivity contribution in [2.75, 3.05) is 26.7 Å². The van der Waals surface area contributed by atoms with Crippen LogP contribution in [0, 0.1) is 5.41 Å². The Balaban J connectivity index is 1.79. The third kappa shape index (κ3) is 2.09. The molecule has 3 rings (SSSR count). The molecule has 2 aliphatic rings. The molecule has 2 aliphatic heterocycles. The van der Waals surface area contributed by atoms with Crippen molar-refractivity contribution in [2.45, 2.75) is 19.3 Å². The Morgan fingerprint density at radius 1 is 1.15 bits per heavy atom. The highest BCUT2D eigenvalue weighted by atomic mass is 16.2. The Morgan fingerprint density at radius 3 is 2.55 bits per heavy atom. The van der Waals surface area contributed by atoms with E-state index in [-0.39, 0.29) is 17.2 Å². The molecule has 2 amide bonds. The minimum atomic E-state index is -0.322. The van der Waals surface area contributed by atoms with Gasteiger partial charge in [0.25, 0.3) is 5.91 Å². The zero-order valence-electron chi connectivity index (χ0n) is 11.8. The summed E-state index contributed by atoms with van der Waals surface area (Å²) in [5.74, 6) is 0.259. The third-order valence-electron chi connectivity index (χ3n) is 4.61. The van der Waals surface area contributed by atoms with E-state index < -0.39 is 0 Å². The largest absolute Gasteiger partial charge is 0.345 e. The fourth-order valence-electron chi connectivity index (χ4n) is 3.44. The van der Waals surface area contributed by atoms with Gasteiger partial charge in [-0.3, -0.25) is 9.59 Å². The first kappa shape index (κ1) is 13.2. The number of piperidine rings is 1. The normalized spacial score (nSPS) is 26.4. The summed E-state index contributed by atoms with van der Waals surface area (Å²) in [6, 6.07) is 9.34. The number of hydrogen-bond donors (Lipinski definition) is 0. The molecule has 0 radical (unpaired) electrons. The second-order valence-electron chi connectivity index (χ2n) is 5.95. The lowest BCUT2D eigenvalue weighted by Crippen LogP contribution is -2.49. The molecular weight excluding hydrogens is 252 g/mol. The molecule has 1 aromatic carbocycles. The molecule has 106 valence electrons. The molecule has 0 N–H and O–H groups in total. The van der Waals surface area contributed by atoms with Gasteiger partial charge < -0.3 is 9.80 Å². The molecule has 4 nitrogen and oxygen atoms in total. The molecule has 2 fully saturated rings. The standard InChI is InChI=1S/C16H20N2O2/c1-17-11-9-16(15(17)20)8-5-10-18(12-16)14(19)13-6-3-2-4-7-13/h2-4,6-7H,5,8-12H2,1H3/t16-/m1/s1. The van der Waals surface area contributed by atoms with E-state index in [2.05, 4.69) is 0 Å². The van der Waals surface area contributed by atoms with Crippen molar-refractivity contribution in [3.63, 3.8) is 0 Å². The van der Waals surface area contributed by atoms with E-state index in [4.69, 9.17) is 0 Å². The first-order valence-electron chi connectivity index (χ1n) is 7.22. The first-order valence-corrected chi connectivity index (χ1v) is 7.22. The van der Waals surface area contributed by atoms with Gasteiger partial charge in [0, 0.05) is 32.2 Å². The smallest absolute Gasteiger partial charge is 0.253 e. The lowest BCUT2D eigenvalue weighted by molar-refractivity contribution is -0.137. The molecule has 2 heterocycles. The van der Waals surface area contributed by atoms with Crippen molar-refractivity contribution < 1.29 is 9.59 Å². The van der Waals surface area contributed by atoms with Crippen LogP contribution in [0.3, 0.4) is 0 Å². The van der Waals surface area contributed by atoms with E-state index >= 15 is 0 Å². The lowest BCUT2D eigenvalue weighted by atomic mass is 9.78. The average Bonchev–Trinajstić information content (AvgIpc) is 2.76. The quantitative estimate of drug-likeness (QED) is 0.782. The number of nitrogens with zero attached hydrogens (tertiary/aromatic N) is 2. The molecule has 0 unspecified atom stereocenters. The molecule has 20 heavy (non-hydrogen) atoms. The van der Waals surface area contributed by atoms with Crippen LogP contribution in [0.1, 0.15) is 29.6 Å². The molecule has 4 heteroatoms. The zero-order valence-corrected chi connectivity index (χ0v) is 11.8. The van der Waals surface area contributed by atoms with Gasteiger partial charge in [0.15, 0.2) is 0 Å². The SMILES string of the molecule is CN1CC[C@@]2(CCCN(C(=O)c3ccccc3)C2)C1=O. The minimum absolute atomic E-state index is 0.0482. The Bertz CT molecular complexity index is 525. The maximum absolute atomic E-state index is 12.5. The summed E-state index contributed by atoms with van der Waals surface area (Å²) in [6.45, 7) is 2.14. The molecule has 1 spiro atoms. The van der Waals surface area contributed by atoms with Crippen molar-refractivity contribution in [2.24, 2.45) is 5.41 Å². The summed E-state index contributed by atoms with van der Waals surface area (Å²) < 4.78 is 0. The monoisotopic (exact) mass is 272 g/mol. The number of carbonyl (C=O) groups excluding carboxylic acids is 2. The van der Waals surface area contributed by atoms with E-state index in [0.717, 1.165) is 32.4 Å². The van der Waals surface area contributed by atoms with Crippen molar-refractivity contribution in [3.05, 3.63) is 35.9 Å². The average molecular weight is 272 g/mol. The number of hydrogen-bond acceptors (Lipinski definition) is 2. The molecule has 0 bridgehead atoms. The first-order chi connectivity index (χ1) is 9.62. The van der Waals surface area contributed by atoms with Crippen LogP contribution in [-0.4, -0.2) is 48.3 Å². The molecule has 2 saturated heterocycles. The summed E-state index contributed by atoms with van der Waals surface area (Å²) in [7, 11) is 1.86. The van der Waals surface area contributed by atoms with Crippen LogP contribution in [0.5, 0.6) is 0 Å². The van der Waals surface area contributed by atoms with Gasteiger partial charge in [-0.2, -0.15) is 0 Å². The van der Waals surface area contributed by atoms with Gasteiger partial charge >= 0.3 is 0 Å².